The molecular formula is C16H14N4S2. The average Bonchev–Trinajstić information content (AvgIpc) is 3.13. The van der Waals surface area contributed by atoms with Crippen molar-refractivity contribution in [3.8, 4) is 10.7 Å². The first-order chi connectivity index (χ1) is 10.7. The number of thiophene rings is 1. The van der Waals surface area contributed by atoms with Crippen LogP contribution in [0.3, 0.4) is 0 Å². The minimum Gasteiger partial charge on any atom is -0.186 e. The fraction of sp³-hybridized carbons (Fsp3) is 0.188. The van der Waals surface area contributed by atoms with Gasteiger partial charge in [0.25, 0.3) is 0 Å². The fourth-order valence-corrected chi connectivity index (χ4v) is 4.09. The van der Waals surface area contributed by atoms with E-state index in [9.17, 15) is 0 Å². The van der Waals surface area contributed by atoms with Crippen LogP contribution in [0.4, 0.5) is 0 Å². The molecular weight excluding hydrogens is 312 g/mol. The van der Waals surface area contributed by atoms with Gasteiger partial charge in [0.15, 0.2) is 5.82 Å². The molecule has 4 nitrogen and oxygen atoms in total. The third-order valence-electron chi connectivity index (χ3n) is 3.62. The van der Waals surface area contributed by atoms with E-state index in [0.717, 1.165) is 32.9 Å². The van der Waals surface area contributed by atoms with Crippen molar-refractivity contribution in [3.63, 3.8) is 0 Å². The fourth-order valence-electron chi connectivity index (χ4n) is 2.36. The van der Waals surface area contributed by atoms with Crippen LogP contribution in [0.25, 0.3) is 10.7 Å². The highest BCUT2D eigenvalue weighted by Gasteiger charge is 2.22. The van der Waals surface area contributed by atoms with E-state index in [1.54, 1.807) is 23.1 Å². The van der Waals surface area contributed by atoms with E-state index in [0.29, 0.717) is 0 Å². The van der Waals surface area contributed by atoms with Crippen molar-refractivity contribution < 1.29 is 0 Å². The smallest absolute Gasteiger partial charge is 0.186 e. The number of benzene rings is 1. The number of hydrogen-bond donors (Lipinski definition) is 0. The standard InChI is InChI=1S/C16H14N4S2/c1-10-3-5-12(6-4-10)13-9-22-16-18-17-15(20(16)19-13)14-11(2)7-8-21-14/h3-8H,9H2,1-2H3. The molecule has 0 bridgehead atoms. The van der Waals surface area contributed by atoms with Gasteiger partial charge in [0, 0.05) is 5.75 Å². The quantitative estimate of drug-likeness (QED) is 0.715. The topological polar surface area (TPSA) is 43.1 Å². The normalized spacial score (nSPS) is 13.8. The van der Waals surface area contributed by atoms with Gasteiger partial charge in [0.05, 0.1) is 10.6 Å². The van der Waals surface area contributed by atoms with Crippen LogP contribution < -0.4 is 0 Å². The Bertz CT molecular complexity index is 859. The largest absolute Gasteiger partial charge is 0.212 e. The molecule has 0 saturated heterocycles. The summed E-state index contributed by atoms with van der Waals surface area (Å²) in [6.45, 7) is 4.19. The molecule has 2 aromatic heterocycles. The van der Waals surface area contributed by atoms with Gasteiger partial charge in [-0.25, -0.2) is 0 Å². The molecule has 22 heavy (non-hydrogen) atoms. The summed E-state index contributed by atoms with van der Waals surface area (Å²) >= 11 is 3.36. The summed E-state index contributed by atoms with van der Waals surface area (Å²) in [4.78, 5) is 1.13. The summed E-state index contributed by atoms with van der Waals surface area (Å²) in [6, 6.07) is 10.6. The van der Waals surface area contributed by atoms with Crippen LogP contribution >= 0.6 is 23.1 Å². The molecule has 6 heteroatoms. The monoisotopic (exact) mass is 326 g/mol. The Morgan fingerprint density at radius 2 is 1.86 bits per heavy atom. The zero-order valence-electron chi connectivity index (χ0n) is 12.3. The van der Waals surface area contributed by atoms with Crippen LogP contribution in [0.5, 0.6) is 0 Å². The van der Waals surface area contributed by atoms with Crippen LogP contribution in [0.1, 0.15) is 16.7 Å². The molecule has 0 atom stereocenters. The highest BCUT2D eigenvalue weighted by molar-refractivity contribution is 7.99. The Hall–Kier alpha value is -1.92. The molecule has 0 saturated carbocycles. The predicted octanol–water partition coefficient (Wildman–Crippen LogP) is 3.98. The zero-order chi connectivity index (χ0) is 15.1. The first-order valence-electron chi connectivity index (χ1n) is 7.00. The second kappa shape index (κ2) is 5.37. The SMILES string of the molecule is Cc1ccc(C2=Nn3c(nnc3-c3sccc3C)SC2)cc1. The molecule has 0 N–H and O–H groups in total. The maximum absolute atomic E-state index is 4.80. The van der Waals surface area contributed by atoms with Crippen molar-refractivity contribution in [1.29, 1.82) is 0 Å². The van der Waals surface area contributed by atoms with Crippen LogP contribution in [-0.4, -0.2) is 26.3 Å². The summed E-state index contributed by atoms with van der Waals surface area (Å²) in [5.74, 6) is 1.66. The second-order valence-electron chi connectivity index (χ2n) is 5.25. The van der Waals surface area contributed by atoms with Gasteiger partial charge in [-0.05, 0) is 36.4 Å². The van der Waals surface area contributed by atoms with Crippen molar-refractivity contribution in [3.05, 3.63) is 52.4 Å². The molecule has 3 aromatic rings. The number of thioether (sulfide) groups is 1. The van der Waals surface area contributed by atoms with E-state index in [4.69, 9.17) is 5.10 Å². The van der Waals surface area contributed by atoms with Gasteiger partial charge in [-0.2, -0.15) is 9.78 Å². The lowest BCUT2D eigenvalue weighted by molar-refractivity contribution is 0.763. The van der Waals surface area contributed by atoms with Crippen molar-refractivity contribution in [2.24, 2.45) is 5.10 Å². The van der Waals surface area contributed by atoms with Gasteiger partial charge in [0.1, 0.15) is 0 Å². The van der Waals surface area contributed by atoms with Gasteiger partial charge >= 0.3 is 0 Å². The maximum Gasteiger partial charge on any atom is 0.212 e. The van der Waals surface area contributed by atoms with Crippen LogP contribution in [-0.2, 0) is 0 Å². The first kappa shape index (κ1) is 13.7. The lowest BCUT2D eigenvalue weighted by Gasteiger charge is -2.13. The van der Waals surface area contributed by atoms with E-state index >= 15 is 0 Å². The summed E-state index contributed by atoms with van der Waals surface area (Å²) < 4.78 is 1.88. The summed E-state index contributed by atoms with van der Waals surface area (Å²) in [7, 11) is 0. The summed E-state index contributed by atoms with van der Waals surface area (Å²) in [5, 5.41) is 16.3. The molecule has 0 amide bonds. The van der Waals surface area contributed by atoms with E-state index < -0.39 is 0 Å². The minimum absolute atomic E-state index is 0.824. The molecule has 1 aliphatic heterocycles. The molecule has 0 fully saturated rings. The number of aromatic nitrogens is 3. The lowest BCUT2D eigenvalue weighted by Crippen LogP contribution is -2.13. The average molecular weight is 326 g/mol. The highest BCUT2D eigenvalue weighted by Crippen LogP contribution is 2.32. The highest BCUT2D eigenvalue weighted by atomic mass is 32.2. The van der Waals surface area contributed by atoms with Crippen LogP contribution in [0, 0.1) is 13.8 Å². The molecule has 0 unspecified atom stereocenters. The molecule has 110 valence electrons. The Morgan fingerprint density at radius 1 is 1.05 bits per heavy atom. The second-order valence-corrected chi connectivity index (χ2v) is 7.11. The molecule has 1 aliphatic rings. The Morgan fingerprint density at radius 3 is 2.59 bits per heavy atom. The van der Waals surface area contributed by atoms with Gasteiger partial charge in [-0.15, -0.1) is 21.5 Å². The van der Waals surface area contributed by atoms with E-state index in [1.165, 1.54) is 11.1 Å². The summed E-state index contributed by atoms with van der Waals surface area (Å²) in [5.41, 5.74) is 4.69. The number of nitrogens with zero attached hydrogens (tertiary/aromatic N) is 4. The molecule has 0 spiro atoms. The molecule has 0 aliphatic carbocycles. The van der Waals surface area contributed by atoms with Crippen LogP contribution in [0.2, 0.25) is 0 Å². The number of fused-ring (bicyclic) bond motifs is 1. The Balaban J connectivity index is 1.81. The Labute approximate surface area is 136 Å². The van der Waals surface area contributed by atoms with Gasteiger partial charge in [-0.1, -0.05) is 41.6 Å². The van der Waals surface area contributed by atoms with E-state index in [1.807, 2.05) is 4.68 Å². The van der Waals surface area contributed by atoms with E-state index in [-0.39, 0.29) is 0 Å². The first-order valence-corrected chi connectivity index (χ1v) is 8.86. The minimum atomic E-state index is 0.824. The maximum atomic E-state index is 4.80. The number of hydrogen-bond acceptors (Lipinski definition) is 5. The number of rotatable bonds is 2. The third kappa shape index (κ3) is 2.28. The van der Waals surface area contributed by atoms with Crippen molar-refractivity contribution in [2.45, 2.75) is 19.0 Å². The Kier molecular flexibility index (Phi) is 3.35. The lowest BCUT2D eigenvalue weighted by atomic mass is 10.1. The van der Waals surface area contributed by atoms with Gasteiger partial charge < -0.3 is 0 Å². The molecule has 1 aromatic carbocycles. The number of aryl methyl sites for hydroxylation is 2. The molecule has 0 radical (unpaired) electrons. The summed E-state index contributed by atoms with van der Waals surface area (Å²) in [6.07, 6.45) is 0. The predicted molar refractivity (Wildman–Crippen MR) is 91.9 cm³/mol. The zero-order valence-corrected chi connectivity index (χ0v) is 13.9. The van der Waals surface area contributed by atoms with Gasteiger partial charge in [0.2, 0.25) is 5.16 Å². The molecule has 3 heterocycles. The van der Waals surface area contributed by atoms with Crippen molar-refractivity contribution in [2.75, 3.05) is 5.75 Å². The van der Waals surface area contributed by atoms with E-state index in [2.05, 4.69) is 59.8 Å². The van der Waals surface area contributed by atoms with Crippen molar-refractivity contribution in [1.82, 2.24) is 14.9 Å². The van der Waals surface area contributed by atoms with Gasteiger partial charge in [-0.3, -0.25) is 0 Å². The molecule has 4 rings (SSSR count). The van der Waals surface area contributed by atoms with Crippen molar-refractivity contribution >= 4 is 28.8 Å². The van der Waals surface area contributed by atoms with Crippen LogP contribution in [0.15, 0.2) is 46.0 Å². The third-order valence-corrected chi connectivity index (χ3v) is 5.56.